The van der Waals surface area contributed by atoms with Crippen LogP contribution in [0.2, 0.25) is 0 Å². The van der Waals surface area contributed by atoms with Crippen LogP contribution in [0.1, 0.15) is 25.3 Å². The molecular weight excluding hydrogens is 305 g/mol. The van der Waals surface area contributed by atoms with Gasteiger partial charge in [-0.25, -0.2) is 4.39 Å². The third-order valence-electron chi connectivity index (χ3n) is 4.70. The first-order valence-corrected chi connectivity index (χ1v) is 8.81. The topological polar surface area (TPSA) is 26.8 Å². The molecule has 1 aliphatic rings. The largest absolute Gasteiger partial charge is 0.341 e. The first kappa shape index (κ1) is 18.9. The van der Waals surface area contributed by atoms with E-state index >= 15 is 0 Å². The third-order valence-corrected chi connectivity index (χ3v) is 4.70. The molecule has 1 amide bonds. The summed E-state index contributed by atoms with van der Waals surface area (Å²) in [4.78, 5) is 18.3. The number of carbonyl (C=O) groups is 1. The molecule has 0 radical (unpaired) electrons. The van der Waals surface area contributed by atoms with Crippen LogP contribution in [0.15, 0.2) is 24.3 Å². The quantitative estimate of drug-likeness (QED) is 0.766. The first-order chi connectivity index (χ1) is 11.5. The molecule has 134 valence electrons. The van der Waals surface area contributed by atoms with Gasteiger partial charge in [0.15, 0.2) is 0 Å². The Morgan fingerprint density at radius 3 is 2.71 bits per heavy atom. The lowest BCUT2D eigenvalue weighted by Gasteiger charge is -2.35. The number of hydrogen-bond acceptors (Lipinski definition) is 3. The van der Waals surface area contributed by atoms with Gasteiger partial charge in [0.05, 0.1) is 0 Å². The summed E-state index contributed by atoms with van der Waals surface area (Å²) in [6, 6.07) is 7.00. The van der Waals surface area contributed by atoms with E-state index in [2.05, 4.69) is 9.80 Å². The molecule has 1 saturated heterocycles. The number of rotatable bonds is 7. The highest BCUT2D eigenvalue weighted by Crippen LogP contribution is 2.20. The van der Waals surface area contributed by atoms with Crippen LogP contribution in [-0.4, -0.2) is 67.4 Å². The molecule has 0 spiro atoms. The standard InChI is InChI=1S/C19H30FN3O/c1-16(24)23(12-11-21(2)3)14-17-7-6-10-22(13-17)15-18-8-4-5-9-19(18)20/h4-5,8-9,17H,6-7,10-15H2,1-3H3/t17-/m0/s1. The highest BCUT2D eigenvalue weighted by molar-refractivity contribution is 5.73. The average Bonchev–Trinajstić information content (AvgIpc) is 2.53. The van der Waals surface area contributed by atoms with E-state index in [0.29, 0.717) is 12.5 Å². The fourth-order valence-electron chi connectivity index (χ4n) is 3.32. The maximum atomic E-state index is 13.8. The van der Waals surface area contributed by atoms with Gasteiger partial charge in [0, 0.05) is 45.2 Å². The van der Waals surface area contributed by atoms with E-state index in [-0.39, 0.29) is 11.7 Å². The molecule has 5 heteroatoms. The van der Waals surface area contributed by atoms with Gasteiger partial charge in [0.1, 0.15) is 5.82 Å². The summed E-state index contributed by atoms with van der Waals surface area (Å²) in [5.74, 6) is 0.482. The summed E-state index contributed by atoms with van der Waals surface area (Å²) in [5, 5.41) is 0. The number of piperidine rings is 1. The molecule has 1 heterocycles. The minimum atomic E-state index is -0.129. The molecule has 4 nitrogen and oxygen atoms in total. The van der Waals surface area contributed by atoms with E-state index in [1.807, 2.05) is 31.1 Å². The van der Waals surface area contributed by atoms with Crippen LogP contribution in [0.3, 0.4) is 0 Å². The summed E-state index contributed by atoms with van der Waals surface area (Å²) in [7, 11) is 4.05. The number of hydrogen-bond donors (Lipinski definition) is 0. The molecule has 24 heavy (non-hydrogen) atoms. The molecule has 0 aromatic heterocycles. The van der Waals surface area contributed by atoms with Crippen molar-refractivity contribution in [2.45, 2.75) is 26.3 Å². The van der Waals surface area contributed by atoms with Crippen LogP contribution in [-0.2, 0) is 11.3 Å². The van der Waals surface area contributed by atoms with Gasteiger partial charge in [-0.05, 0) is 45.5 Å². The zero-order chi connectivity index (χ0) is 17.5. The van der Waals surface area contributed by atoms with Gasteiger partial charge in [-0.3, -0.25) is 9.69 Å². The van der Waals surface area contributed by atoms with Crippen molar-refractivity contribution in [3.8, 4) is 0 Å². The number of benzene rings is 1. The van der Waals surface area contributed by atoms with Crippen molar-refractivity contribution in [3.05, 3.63) is 35.6 Å². The Morgan fingerprint density at radius 2 is 2.04 bits per heavy atom. The molecule has 0 aliphatic carbocycles. The minimum absolute atomic E-state index is 0.129. The Balaban J connectivity index is 1.89. The molecule has 0 saturated carbocycles. The lowest BCUT2D eigenvalue weighted by atomic mass is 9.96. The summed E-state index contributed by atoms with van der Waals surface area (Å²) < 4.78 is 13.8. The van der Waals surface area contributed by atoms with Crippen molar-refractivity contribution >= 4 is 5.91 Å². The Kier molecular flexibility index (Phi) is 7.18. The maximum Gasteiger partial charge on any atom is 0.219 e. The van der Waals surface area contributed by atoms with Crippen molar-refractivity contribution in [2.24, 2.45) is 5.92 Å². The summed E-state index contributed by atoms with van der Waals surface area (Å²) >= 11 is 0. The lowest BCUT2D eigenvalue weighted by molar-refractivity contribution is -0.129. The van der Waals surface area contributed by atoms with E-state index in [0.717, 1.165) is 51.1 Å². The zero-order valence-electron chi connectivity index (χ0n) is 15.2. The Bertz CT molecular complexity index is 535. The van der Waals surface area contributed by atoms with Crippen LogP contribution >= 0.6 is 0 Å². The van der Waals surface area contributed by atoms with E-state index in [1.165, 1.54) is 6.07 Å². The average molecular weight is 335 g/mol. The SMILES string of the molecule is CC(=O)N(CCN(C)C)C[C@H]1CCCN(Cc2ccccc2F)C1. The van der Waals surface area contributed by atoms with E-state index in [1.54, 1.807) is 13.0 Å². The van der Waals surface area contributed by atoms with Gasteiger partial charge in [0.2, 0.25) is 5.91 Å². The number of likely N-dealkylation sites (N-methyl/N-ethyl adjacent to an activating group) is 1. The molecule has 1 aromatic rings. The van der Waals surface area contributed by atoms with Crippen LogP contribution in [0.5, 0.6) is 0 Å². The molecule has 0 N–H and O–H groups in total. The fourth-order valence-corrected chi connectivity index (χ4v) is 3.32. The second-order valence-corrected chi connectivity index (χ2v) is 7.10. The zero-order valence-corrected chi connectivity index (χ0v) is 15.2. The van der Waals surface area contributed by atoms with E-state index < -0.39 is 0 Å². The van der Waals surface area contributed by atoms with Gasteiger partial charge < -0.3 is 9.80 Å². The van der Waals surface area contributed by atoms with Crippen molar-refractivity contribution < 1.29 is 9.18 Å². The van der Waals surface area contributed by atoms with Crippen LogP contribution < -0.4 is 0 Å². The summed E-state index contributed by atoms with van der Waals surface area (Å²) in [5.41, 5.74) is 0.759. The minimum Gasteiger partial charge on any atom is -0.341 e. The predicted octanol–water partition coefficient (Wildman–Crippen LogP) is 2.45. The van der Waals surface area contributed by atoms with Crippen LogP contribution in [0.4, 0.5) is 4.39 Å². The molecule has 0 unspecified atom stereocenters. The van der Waals surface area contributed by atoms with Gasteiger partial charge in [0.25, 0.3) is 0 Å². The van der Waals surface area contributed by atoms with Crippen molar-refractivity contribution in [3.63, 3.8) is 0 Å². The number of nitrogens with zero attached hydrogens (tertiary/aromatic N) is 3. The third kappa shape index (κ3) is 5.87. The second-order valence-electron chi connectivity index (χ2n) is 7.10. The van der Waals surface area contributed by atoms with Gasteiger partial charge in [-0.1, -0.05) is 18.2 Å². The van der Waals surface area contributed by atoms with Gasteiger partial charge >= 0.3 is 0 Å². The van der Waals surface area contributed by atoms with Gasteiger partial charge in [-0.15, -0.1) is 0 Å². The molecule has 0 bridgehead atoms. The molecular formula is C19H30FN3O. The Morgan fingerprint density at radius 1 is 1.29 bits per heavy atom. The highest BCUT2D eigenvalue weighted by Gasteiger charge is 2.23. The number of amides is 1. The predicted molar refractivity (Wildman–Crippen MR) is 95.2 cm³/mol. The molecule has 1 fully saturated rings. The number of likely N-dealkylation sites (tertiary alicyclic amines) is 1. The first-order valence-electron chi connectivity index (χ1n) is 8.81. The number of carbonyl (C=O) groups excluding carboxylic acids is 1. The fraction of sp³-hybridized carbons (Fsp3) is 0.632. The van der Waals surface area contributed by atoms with E-state index in [4.69, 9.17) is 0 Å². The van der Waals surface area contributed by atoms with E-state index in [9.17, 15) is 9.18 Å². The normalized spacial score (nSPS) is 18.8. The van der Waals surface area contributed by atoms with Crippen LogP contribution in [0, 0.1) is 11.7 Å². The molecule has 1 aromatic carbocycles. The van der Waals surface area contributed by atoms with Crippen molar-refractivity contribution in [2.75, 3.05) is 46.8 Å². The van der Waals surface area contributed by atoms with Gasteiger partial charge in [-0.2, -0.15) is 0 Å². The Hall–Kier alpha value is -1.46. The molecule has 2 rings (SSSR count). The molecule has 1 atom stereocenters. The Labute approximate surface area is 145 Å². The van der Waals surface area contributed by atoms with Crippen molar-refractivity contribution in [1.82, 2.24) is 14.7 Å². The highest BCUT2D eigenvalue weighted by atomic mass is 19.1. The lowest BCUT2D eigenvalue weighted by Crippen LogP contribution is -2.44. The summed E-state index contributed by atoms with van der Waals surface area (Å²) in [6.07, 6.45) is 2.25. The van der Waals surface area contributed by atoms with Crippen molar-refractivity contribution in [1.29, 1.82) is 0 Å². The monoisotopic (exact) mass is 335 g/mol. The number of halogens is 1. The smallest absolute Gasteiger partial charge is 0.219 e. The summed E-state index contributed by atoms with van der Waals surface area (Å²) in [6.45, 7) is 6.69. The molecule has 1 aliphatic heterocycles. The second kappa shape index (κ2) is 9.14. The maximum absolute atomic E-state index is 13.8. The van der Waals surface area contributed by atoms with Crippen LogP contribution in [0.25, 0.3) is 0 Å².